The highest BCUT2D eigenvalue weighted by molar-refractivity contribution is 6.35. The molecule has 4 nitrogen and oxygen atoms in total. The van der Waals surface area contributed by atoms with Gasteiger partial charge in [0.2, 0.25) is 11.8 Å². The van der Waals surface area contributed by atoms with Gasteiger partial charge in [0, 0.05) is 29.6 Å². The third kappa shape index (κ3) is 6.25. The molecule has 2 aromatic rings. The summed E-state index contributed by atoms with van der Waals surface area (Å²) < 4.78 is 0. The highest BCUT2D eigenvalue weighted by atomic mass is 35.5. The van der Waals surface area contributed by atoms with E-state index in [0.717, 1.165) is 11.1 Å². The highest BCUT2D eigenvalue weighted by Gasteiger charge is 2.28. The van der Waals surface area contributed by atoms with Crippen molar-refractivity contribution in [3.8, 4) is 0 Å². The van der Waals surface area contributed by atoms with Crippen LogP contribution in [-0.2, 0) is 22.6 Å². The summed E-state index contributed by atoms with van der Waals surface area (Å²) >= 11 is 12.3. The molecule has 28 heavy (non-hydrogen) atoms. The minimum Gasteiger partial charge on any atom is -0.355 e. The van der Waals surface area contributed by atoms with E-state index in [4.69, 9.17) is 23.2 Å². The van der Waals surface area contributed by atoms with Gasteiger partial charge in [0.05, 0.1) is 0 Å². The molecule has 2 rings (SSSR count). The SMILES string of the molecule is CCNC(=O)[C@H](CC)N(Cc1ccc(Cl)cc1Cl)C(=O)CCc1ccccc1. The van der Waals surface area contributed by atoms with Gasteiger partial charge in [0.25, 0.3) is 0 Å². The molecule has 0 radical (unpaired) electrons. The summed E-state index contributed by atoms with van der Waals surface area (Å²) in [5.74, 6) is -0.226. The van der Waals surface area contributed by atoms with Crippen molar-refractivity contribution in [2.45, 2.75) is 45.7 Å². The largest absolute Gasteiger partial charge is 0.355 e. The second-order valence-electron chi connectivity index (χ2n) is 6.56. The fourth-order valence-corrected chi connectivity index (χ4v) is 3.55. The van der Waals surface area contributed by atoms with Crippen LogP contribution in [0.15, 0.2) is 48.5 Å². The zero-order chi connectivity index (χ0) is 20.5. The predicted molar refractivity (Wildman–Crippen MR) is 115 cm³/mol. The van der Waals surface area contributed by atoms with Crippen LogP contribution < -0.4 is 5.32 Å². The van der Waals surface area contributed by atoms with Gasteiger partial charge in [0.1, 0.15) is 6.04 Å². The van der Waals surface area contributed by atoms with Crippen LogP contribution in [0.5, 0.6) is 0 Å². The first-order chi connectivity index (χ1) is 13.5. The number of hydrogen-bond donors (Lipinski definition) is 1. The lowest BCUT2D eigenvalue weighted by Crippen LogP contribution is -2.49. The topological polar surface area (TPSA) is 49.4 Å². The Morgan fingerprint density at radius 3 is 2.39 bits per heavy atom. The maximum absolute atomic E-state index is 13.1. The molecule has 2 amide bonds. The normalized spacial score (nSPS) is 11.7. The Hall–Kier alpha value is -2.04. The maximum atomic E-state index is 13.1. The van der Waals surface area contributed by atoms with E-state index in [2.05, 4.69) is 5.32 Å². The van der Waals surface area contributed by atoms with Crippen molar-refractivity contribution < 1.29 is 9.59 Å². The number of carbonyl (C=O) groups is 2. The fraction of sp³-hybridized carbons (Fsp3) is 0.364. The second-order valence-corrected chi connectivity index (χ2v) is 7.41. The van der Waals surface area contributed by atoms with Gasteiger partial charge in [-0.05, 0) is 43.0 Å². The molecule has 0 saturated heterocycles. The zero-order valence-corrected chi connectivity index (χ0v) is 17.8. The first-order valence-corrected chi connectivity index (χ1v) is 10.3. The summed E-state index contributed by atoms with van der Waals surface area (Å²) in [5, 5.41) is 3.85. The van der Waals surface area contributed by atoms with Gasteiger partial charge in [-0.1, -0.05) is 66.5 Å². The van der Waals surface area contributed by atoms with E-state index in [9.17, 15) is 9.59 Å². The number of amides is 2. The highest BCUT2D eigenvalue weighted by Crippen LogP contribution is 2.24. The van der Waals surface area contributed by atoms with E-state index in [1.165, 1.54) is 0 Å². The lowest BCUT2D eigenvalue weighted by Gasteiger charge is -2.31. The number of nitrogens with zero attached hydrogens (tertiary/aromatic N) is 1. The lowest BCUT2D eigenvalue weighted by molar-refractivity contribution is -0.141. The quantitative estimate of drug-likeness (QED) is 0.628. The molecular weight excluding hydrogens is 395 g/mol. The Bertz CT molecular complexity index is 796. The Morgan fingerprint density at radius 1 is 1.07 bits per heavy atom. The van der Waals surface area contributed by atoms with Gasteiger partial charge in [-0.2, -0.15) is 0 Å². The predicted octanol–water partition coefficient (Wildman–Crippen LogP) is 4.87. The van der Waals surface area contributed by atoms with Crippen molar-refractivity contribution in [1.82, 2.24) is 10.2 Å². The van der Waals surface area contributed by atoms with Gasteiger partial charge in [-0.15, -0.1) is 0 Å². The molecule has 0 bridgehead atoms. The summed E-state index contributed by atoms with van der Waals surface area (Å²) in [7, 11) is 0. The Balaban J connectivity index is 2.23. The van der Waals surface area contributed by atoms with Crippen LogP contribution in [0.4, 0.5) is 0 Å². The molecule has 0 fully saturated rings. The molecule has 0 heterocycles. The summed E-state index contributed by atoms with van der Waals surface area (Å²) in [6, 6.07) is 14.5. The van der Waals surface area contributed by atoms with Gasteiger partial charge in [0.15, 0.2) is 0 Å². The zero-order valence-electron chi connectivity index (χ0n) is 16.3. The van der Waals surface area contributed by atoms with E-state index >= 15 is 0 Å². The molecular formula is C22H26Cl2N2O2. The minimum atomic E-state index is -0.546. The summed E-state index contributed by atoms with van der Waals surface area (Å²) in [4.78, 5) is 27.3. The van der Waals surface area contributed by atoms with Gasteiger partial charge >= 0.3 is 0 Å². The van der Waals surface area contributed by atoms with Crippen LogP contribution in [0.25, 0.3) is 0 Å². The van der Waals surface area contributed by atoms with Crippen molar-refractivity contribution in [1.29, 1.82) is 0 Å². The van der Waals surface area contributed by atoms with Crippen molar-refractivity contribution in [2.75, 3.05) is 6.54 Å². The molecule has 0 aliphatic rings. The molecule has 0 unspecified atom stereocenters. The van der Waals surface area contributed by atoms with Crippen LogP contribution in [0.3, 0.4) is 0 Å². The van der Waals surface area contributed by atoms with Crippen LogP contribution >= 0.6 is 23.2 Å². The molecule has 1 N–H and O–H groups in total. The Morgan fingerprint density at radius 2 is 1.79 bits per heavy atom. The molecule has 0 spiro atoms. The molecule has 0 aliphatic heterocycles. The number of hydrogen-bond acceptors (Lipinski definition) is 2. The van der Waals surface area contributed by atoms with Crippen LogP contribution in [0.2, 0.25) is 10.0 Å². The minimum absolute atomic E-state index is 0.0760. The average molecular weight is 421 g/mol. The van der Waals surface area contributed by atoms with Crippen LogP contribution in [0.1, 0.15) is 37.8 Å². The van der Waals surface area contributed by atoms with Crippen LogP contribution in [-0.4, -0.2) is 29.3 Å². The average Bonchev–Trinajstić information content (AvgIpc) is 2.68. The van der Waals surface area contributed by atoms with E-state index in [-0.39, 0.29) is 18.4 Å². The molecule has 6 heteroatoms. The van der Waals surface area contributed by atoms with E-state index < -0.39 is 6.04 Å². The molecule has 2 aromatic carbocycles. The second kappa shape index (κ2) is 11.1. The third-order valence-corrected chi connectivity index (χ3v) is 5.15. The Labute approximate surface area is 176 Å². The first-order valence-electron chi connectivity index (χ1n) is 9.51. The first kappa shape index (κ1) is 22.3. The van der Waals surface area contributed by atoms with Gasteiger partial charge in [-0.25, -0.2) is 0 Å². The molecule has 0 aromatic heterocycles. The number of halogens is 2. The fourth-order valence-electron chi connectivity index (χ4n) is 3.08. The molecule has 0 saturated carbocycles. The number of benzene rings is 2. The molecule has 150 valence electrons. The third-order valence-electron chi connectivity index (χ3n) is 4.56. The number of aryl methyl sites for hydroxylation is 1. The number of nitrogens with one attached hydrogen (secondary N) is 1. The summed E-state index contributed by atoms with van der Waals surface area (Å²) in [6.07, 6.45) is 1.47. The summed E-state index contributed by atoms with van der Waals surface area (Å²) in [5.41, 5.74) is 1.85. The summed E-state index contributed by atoms with van der Waals surface area (Å²) in [6.45, 7) is 4.55. The van der Waals surface area contributed by atoms with Crippen molar-refractivity contribution >= 4 is 35.0 Å². The van der Waals surface area contributed by atoms with E-state index in [1.54, 1.807) is 23.1 Å². The van der Waals surface area contributed by atoms with Crippen LogP contribution in [0, 0.1) is 0 Å². The standard InChI is InChI=1S/C22H26Cl2N2O2/c1-3-20(22(28)25-4-2)26(15-17-11-12-18(23)14-19(17)24)21(27)13-10-16-8-6-5-7-9-16/h5-9,11-12,14,20H,3-4,10,13,15H2,1-2H3,(H,25,28)/t20-/m0/s1. The number of likely N-dealkylation sites (N-methyl/N-ethyl adjacent to an activating group) is 1. The number of rotatable bonds is 9. The van der Waals surface area contributed by atoms with Crippen molar-refractivity contribution in [2.24, 2.45) is 0 Å². The van der Waals surface area contributed by atoms with Gasteiger partial charge < -0.3 is 10.2 Å². The van der Waals surface area contributed by atoms with Crippen molar-refractivity contribution in [3.63, 3.8) is 0 Å². The lowest BCUT2D eigenvalue weighted by atomic mass is 10.1. The van der Waals surface area contributed by atoms with Gasteiger partial charge in [-0.3, -0.25) is 9.59 Å². The maximum Gasteiger partial charge on any atom is 0.242 e. The van der Waals surface area contributed by atoms with E-state index in [0.29, 0.717) is 35.9 Å². The van der Waals surface area contributed by atoms with Crippen molar-refractivity contribution in [3.05, 3.63) is 69.7 Å². The molecule has 1 atom stereocenters. The van der Waals surface area contributed by atoms with E-state index in [1.807, 2.05) is 44.2 Å². The molecule has 0 aliphatic carbocycles. The Kier molecular flexibility index (Phi) is 8.81. The smallest absolute Gasteiger partial charge is 0.242 e. The number of carbonyl (C=O) groups excluding carboxylic acids is 2. The monoisotopic (exact) mass is 420 g/mol.